The summed E-state index contributed by atoms with van der Waals surface area (Å²) in [5.74, 6) is 0.853. The van der Waals surface area contributed by atoms with Gasteiger partial charge in [0.15, 0.2) is 0 Å². The Morgan fingerprint density at radius 3 is 2.41 bits per heavy atom. The first-order valence-corrected chi connectivity index (χ1v) is 7.79. The highest BCUT2D eigenvalue weighted by molar-refractivity contribution is 5.62. The van der Waals surface area contributed by atoms with Crippen molar-refractivity contribution in [2.24, 2.45) is 5.73 Å². The molecule has 1 aromatic heterocycles. The summed E-state index contributed by atoms with van der Waals surface area (Å²) in [6.07, 6.45) is 0.983. The zero-order chi connectivity index (χ0) is 16.1. The number of hydrogen-bond donors (Lipinski definition) is 1. The predicted octanol–water partition coefficient (Wildman–Crippen LogP) is 3.09. The van der Waals surface area contributed by atoms with Crippen molar-refractivity contribution in [2.75, 3.05) is 6.61 Å². The van der Waals surface area contributed by atoms with Gasteiger partial charge in [0.05, 0.1) is 12.3 Å². The lowest BCUT2D eigenvalue weighted by molar-refractivity contribution is 0.317. The van der Waals surface area contributed by atoms with Gasteiger partial charge in [-0.25, -0.2) is 0 Å². The van der Waals surface area contributed by atoms with Crippen molar-refractivity contribution in [3.8, 4) is 17.0 Å². The third-order valence-electron chi connectivity index (χ3n) is 3.77. The van der Waals surface area contributed by atoms with Crippen molar-refractivity contribution in [3.63, 3.8) is 0 Å². The lowest BCUT2D eigenvalue weighted by Crippen LogP contribution is -2.27. The Morgan fingerprint density at radius 1 is 1.18 bits per heavy atom. The summed E-state index contributed by atoms with van der Waals surface area (Å²) >= 11 is 0. The SMILES string of the molecule is CCCOc1ccc(-c2cc(C)c(CN)c(=O)n2CC)cc1. The van der Waals surface area contributed by atoms with Crippen LogP contribution in [-0.2, 0) is 13.1 Å². The molecule has 0 aliphatic heterocycles. The molecule has 1 aromatic carbocycles. The van der Waals surface area contributed by atoms with Gasteiger partial charge in [-0.3, -0.25) is 4.79 Å². The van der Waals surface area contributed by atoms with Crippen LogP contribution in [0.1, 0.15) is 31.4 Å². The Labute approximate surface area is 131 Å². The second-order valence-corrected chi connectivity index (χ2v) is 5.32. The number of pyridine rings is 1. The van der Waals surface area contributed by atoms with Crippen molar-refractivity contribution < 1.29 is 4.74 Å². The molecular weight excluding hydrogens is 276 g/mol. The summed E-state index contributed by atoms with van der Waals surface area (Å²) < 4.78 is 7.38. The summed E-state index contributed by atoms with van der Waals surface area (Å²) in [6.45, 7) is 7.59. The third kappa shape index (κ3) is 3.22. The van der Waals surface area contributed by atoms with E-state index in [0.717, 1.165) is 29.0 Å². The number of hydrogen-bond acceptors (Lipinski definition) is 3. The van der Waals surface area contributed by atoms with E-state index in [1.165, 1.54) is 0 Å². The number of nitrogens with zero attached hydrogens (tertiary/aromatic N) is 1. The highest BCUT2D eigenvalue weighted by Crippen LogP contribution is 2.23. The van der Waals surface area contributed by atoms with Crippen LogP contribution in [0, 0.1) is 6.92 Å². The van der Waals surface area contributed by atoms with E-state index >= 15 is 0 Å². The maximum absolute atomic E-state index is 12.5. The van der Waals surface area contributed by atoms with Crippen LogP contribution < -0.4 is 16.0 Å². The number of aromatic nitrogens is 1. The van der Waals surface area contributed by atoms with Crippen molar-refractivity contribution in [1.29, 1.82) is 0 Å². The Kier molecular flexibility index (Phi) is 5.39. The number of aryl methyl sites for hydroxylation is 1. The lowest BCUT2D eigenvalue weighted by Gasteiger charge is -2.15. The molecule has 0 unspecified atom stereocenters. The quantitative estimate of drug-likeness (QED) is 0.892. The molecule has 0 amide bonds. The minimum Gasteiger partial charge on any atom is -0.494 e. The molecule has 4 heteroatoms. The number of rotatable bonds is 6. The molecule has 0 saturated heterocycles. The van der Waals surface area contributed by atoms with E-state index < -0.39 is 0 Å². The molecule has 2 rings (SSSR count). The Hall–Kier alpha value is -2.07. The average molecular weight is 300 g/mol. The smallest absolute Gasteiger partial charge is 0.255 e. The van der Waals surface area contributed by atoms with Gasteiger partial charge in [-0.1, -0.05) is 6.92 Å². The normalized spacial score (nSPS) is 10.7. The minimum atomic E-state index is 0.00584. The van der Waals surface area contributed by atoms with E-state index in [1.807, 2.05) is 44.2 Å². The van der Waals surface area contributed by atoms with Gasteiger partial charge in [0.1, 0.15) is 5.75 Å². The van der Waals surface area contributed by atoms with Crippen LogP contribution in [0.4, 0.5) is 0 Å². The highest BCUT2D eigenvalue weighted by atomic mass is 16.5. The Morgan fingerprint density at radius 2 is 1.86 bits per heavy atom. The molecule has 0 radical (unpaired) electrons. The van der Waals surface area contributed by atoms with Crippen LogP contribution in [0.2, 0.25) is 0 Å². The van der Waals surface area contributed by atoms with Crippen LogP contribution in [0.3, 0.4) is 0 Å². The maximum Gasteiger partial charge on any atom is 0.255 e. The van der Waals surface area contributed by atoms with E-state index in [0.29, 0.717) is 18.7 Å². The second-order valence-electron chi connectivity index (χ2n) is 5.32. The zero-order valence-electron chi connectivity index (χ0n) is 13.6. The van der Waals surface area contributed by atoms with Crippen LogP contribution in [0.15, 0.2) is 35.1 Å². The van der Waals surface area contributed by atoms with Gasteiger partial charge in [-0.05, 0) is 61.7 Å². The number of ether oxygens (including phenoxy) is 1. The average Bonchev–Trinajstić information content (AvgIpc) is 2.53. The molecule has 0 bridgehead atoms. The summed E-state index contributed by atoms with van der Waals surface area (Å²) in [4.78, 5) is 12.5. The molecule has 0 aliphatic carbocycles. The molecule has 118 valence electrons. The van der Waals surface area contributed by atoms with Crippen molar-refractivity contribution >= 4 is 0 Å². The monoisotopic (exact) mass is 300 g/mol. The minimum absolute atomic E-state index is 0.00584. The number of benzene rings is 1. The molecule has 0 saturated carbocycles. The molecule has 1 heterocycles. The summed E-state index contributed by atoms with van der Waals surface area (Å²) in [5.41, 5.74) is 9.27. The van der Waals surface area contributed by atoms with Crippen LogP contribution in [0.5, 0.6) is 5.75 Å². The van der Waals surface area contributed by atoms with Gasteiger partial charge < -0.3 is 15.0 Å². The molecular formula is C18H24N2O2. The fourth-order valence-corrected chi connectivity index (χ4v) is 2.55. The molecule has 2 N–H and O–H groups in total. The first-order chi connectivity index (χ1) is 10.6. The van der Waals surface area contributed by atoms with E-state index in [4.69, 9.17) is 10.5 Å². The molecule has 22 heavy (non-hydrogen) atoms. The van der Waals surface area contributed by atoms with Crippen molar-refractivity contribution in [3.05, 3.63) is 51.8 Å². The first kappa shape index (κ1) is 16.3. The maximum atomic E-state index is 12.5. The van der Waals surface area contributed by atoms with E-state index in [1.54, 1.807) is 4.57 Å². The van der Waals surface area contributed by atoms with E-state index in [9.17, 15) is 4.79 Å². The summed E-state index contributed by atoms with van der Waals surface area (Å²) in [6, 6.07) is 9.92. The van der Waals surface area contributed by atoms with Crippen molar-refractivity contribution in [1.82, 2.24) is 4.57 Å². The first-order valence-electron chi connectivity index (χ1n) is 7.79. The fraction of sp³-hybridized carbons (Fsp3) is 0.389. The van der Waals surface area contributed by atoms with E-state index in [-0.39, 0.29) is 12.1 Å². The van der Waals surface area contributed by atoms with Gasteiger partial charge in [-0.15, -0.1) is 0 Å². The van der Waals surface area contributed by atoms with Crippen molar-refractivity contribution in [2.45, 2.75) is 40.3 Å². The summed E-state index contributed by atoms with van der Waals surface area (Å²) in [5, 5.41) is 0. The molecule has 0 spiro atoms. The van der Waals surface area contributed by atoms with Crippen LogP contribution >= 0.6 is 0 Å². The topological polar surface area (TPSA) is 57.2 Å². The number of nitrogens with two attached hydrogens (primary N) is 1. The largest absolute Gasteiger partial charge is 0.494 e. The lowest BCUT2D eigenvalue weighted by atomic mass is 10.0. The predicted molar refractivity (Wildman–Crippen MR) is 90.2 cm³/mol. The van der Waals surface area contributed by atoms with Crippen LogP contribution in [0.25, 0.3) is 11.3 Å². The van der Waals surface area contributed by atoms with Gasteiger partial charge in [0.2, 0.25) is 0 Å². The Balaban J connectivity index is 2.46. The molecule has 0 atom stereocenters. The van der Waals surface area contributed by atoms with Crippen LogP contribution in [-0.4, -0.2) is 11.2 Å². The standard InChI is InChI=1S/C18H24N2O2/c1-4-10-22-15-8-6-14(7-9-15)17-11-13(3)16(12-19)18(21)20(17)5-2/h6-9,11H,4-5,10,12,19H2,1-3H3. The summed E-state index contributed by atoms with van der Waals surface area (Å²) in [7, 11) is 0. The molecule has 0 aliphatic rings. The van der Waals surface area contributed by atoms with E-state index in [2.05, 4.69) is 6.92 Å². The fourth-order valence-electron chi connectivity index (χ4n) is 2.55. The van der Waals surface area contributed by atoms with Gasteiger partial charge >= 0.3 is 0 Å². The zero-order valence-corrected chi connectivity index (χ0v) is 13.6. The molecule has 4 nitrogen and oxygen atoms in total. The third-order valence-corrected chi connectivity index (χ3v) is 3.77. The Bertz CT molecular complexity index is 687. The second kappa shape index (κ2) is 7.27. The molecule has 0 fully saturated rings. The highest BCUT2D eigenvalue weighted by Gasteiger charge is 2.12. The van der Waals surface area contributed by atoms with Gasteiger partial charge in [0.25, 0.3) is 5.56 Å². The van der Waals surface area contributed by atoms with Gasteiger partial charge in [-0.2, -0.15) is 0 Å². The van der Waals surface area contributed by atoms with Gasteiger partial charge in [0, 0.05) is 18.7 Å². The molecule has 2 aromatic rings.